The van der Waals surface area contributed by atoms with E-state index >= 15 is 0 Å². The lowest BCUT2D eigenvalue weighted by atomic mass is 9.51. The van der Waals surface area contributed by atoms with E-state index in [1.54, 1.807) is 0 Å². The molecule has 0 aromatic rings. The second kappa shape index (κ2) is 4.28. The third-order valence-corrected chi connectivity index (χ3v) is 6.85. The van der Waals surface area contributed by atoms with Gasteiger partial charge in [-0.1, -0.05) is 18.2 Å². The minimum absolute atomic E-state index is 0.256. The Labute approximate surface area is 135 Å². The molecule has 3 N–H and O–H groups in total. The molecule has 5 heteroatoms. The van der Waals surface area contributed by atoms with Crippen LogP contribution in [0.2, 0.25) is 0 Å². The molecule has 6 atom stereocenters. The average molecular weight is 317 g/mol. The number of rotatable bonds is 1. The summed E-state index contributed by atoms with van der Waals surface area (Å²) in [5.41, 5.74) is 0.735. The third-order valence-electron chi connectivity index (χ3n) is 6.85. The number of likely N-dealkylation sites (tertiary alicyclic amines) is 1. The molecule has 2 aliphatic heterocycles. The molecule has 5 nitrogen and oxygen atoms in total. The Bertz CT molecular complexity index is 668. The number of aliphatic hydroxyl groups excluding tert-OH is 2. The molecule has 23 heavy (non-hydrogen) atoms. The first-order valence-corrected chi connectivity index (χ1v) is 8.52. The number of ether oxygens (including phenoxy) is 1. The highest BCUT2D eigenvalue weighted by molar-refractivity contribution is 5.55. The fraction of sp³-hybridized carbons (Fsp3) is 0.667. The third kappa shape index (κ3) is 1.48. The van der Waals surface area contributed by atoms with Crippen LogP contribution < -0.4 is 0 Å². The second-order valence-electron chi connectivity index (χ2n) is 7.81. The topological polar surface area (TPSA) is 73.2 Å². The van der Waals surface area contributed by atoms with Gasteiger partial charge in [0.15, 0.2) is 0 Å². The molecule has 2 fully saturated rings. The maximum Gasteiger partial charge on any atom is 0.148 e. The minimum atomic E-state index is -1.34. The van der Waals surface area contributed by atoms with Crippen molar-refractivity contribution in [1.29, 1.82) is 0 Å². The Morgan fingerprint density at radius 2 is 2.22 bits per heavy atom. The molecule has 0 radical (unpaired) electrons. The Hall–Kier alpha value is -1.14. The molecule has 0 aromatic carbocycles. The van der Waals surface area contributed by atoms with E-state index in [0.29, 0.717) is 24.1 Å². The van der Waals surface area contributed by atoms with Gasteiger partial charge in [0, 0.05) is 29.4 Å². The van der Waals surface area contributed by atoms with Crippen LogP contribution in [-0.2, 0) is 4.74 Å². The van der Waals surface area contributed by atoms with Gasteiger partial charge in [-0.25, -0.2) is 0 Å². The first-order chi connectivity index (χ1) is 11.0. The van der Waals surface area contributed by atoms with Crippen LogP contribution in [-0.4, -0.2) is 64.3 Å². The molecule has 124 valence electrons. The van der Waals surface area contributed by atoms with Gasteiger partial charge in [0.1, 0.15) is 23.6 Å². The second-order valence-corrected chi connectivity index (χ2v) is 7.81. The molecular formula is C18H23NO4. The predicted octanol–water partition coefficient (Wildman–Crippen LogP) is 0.334. The molecule has 1 spiro atoms. The minimum Gasteiger partial charge on any atom is -0.487 e. The quantitative estimate of drug-likeness (QED) is 0.608. The van der Waals surface area contributed by atoms with Crippen LogP contribution in [0.25, 0.3) is 0 Å². The lowest BCUT2D eigenvalue weighted by Gasteiger charge is -2.58. The normalized spacial score (nSPS) is 50.5. The zero-order valence-corrected chi connectivity index (χ0v) is 13.3. The van der Waals surface area contributed by atoms with Crippen molar-refractivity contribution in [1.82, 2.24) is 4.90 Å². The number of hydrogen-bond donors (Lipinski definition) is 3. The van der Waals surface area contributed by atoms with E-state index in [-0.39, 0.29) is 18.1 Å². The molecule has 0 amide bonds. The molecule has 5 aliphatic rings. The van der Waals surface area contributed by atoms with Gasteiger partial charge in [-0.05, 0) is 32.0 Å². The Kier molecular flexibility index (Phi) is 2.65. The van der Waals surface area contributed by atoms with Gasteiger partial charge in [0.05, 0.1) is 6.61 Å². The van der Waals surface area contributed by atoms with E-state index in [1.165, 1.54) is 5.57 Å². The van der Waals surface area contributed by atoms with Gasteiger partial charge in [-0.3, -0.25) is 0 Å². The van der Waals surface area contributed by atoms with E-state index in [0.717, 1.165) is 25.0 Å². The zero-order chi connectivity index (χ0) is 16.0. The van der Waals surface area contributed by atoms with Crippen molar-refractivity contribution in [2.24, 2.45) is 11.3 Å². The van der Waals surface area contributed by atoms with Gasteiger partial charge in [0.25, 0.3) is 0 Å². The monoisotopic (exact) mass is 317 g/mol. The van der Waals surface area contributed by atoms with E-state index in [4.69, 9.17) is 4.74 Å². The van der Waals surface area contributed by atoms with Crippen molar-refractivity contribution >= 4 is 0 Å². The maximum atomic E-state index is 10.9. The molecule has 0 aromatic heterocycles. The summed E-state index contributed by atoms with van der Waals surface area (Å²) in [6.07, 6.45) is 7.31. The SMILES string of the molecule is CN1CC[C@]23C4=C5O[C@H]2[C@@H](O)C=C[C@H]3[C@H]1CC4=CCC5(O)CO. The van der Waals surface area contributed by atoms with E-state index in [9.17, 15) is 15.3 Å². The summed E-state index contributed by atoms with van der Waals surface area (Å²) in [6.45, 7) is 0.610. The maximum absolute atomic E-state index is 10.9. The van der Waals surface area contributed by atoms with Gasteiger partial charge >= 0.3 is 0 Å². The van der Waals surface area contributed by atoms with Crippen LogP contribution in [0.4, 0.5) is 0 Å². The molecule has 1 unspecified atom stereocenters. The number of aliphatic hydroxyl groups is 3. The fourth-order valence-corrected chi connectivity index (χ4v) is 5.69. The van der Waals surface area contributed by atoms with Crippen LogP contribution in [0, 0.1) is 11.3 Å². The lowest BCUT2D eigenvalue weighted by molar-refractivity contribution is -0.107. The van der Waals surface area contributed by atoms with Crippen molar-refractivity contribution in [3.05, 3.63) is 35.1 Å². The highest BCUT2D eigenvalue weighted by atomic mass is 16.5. The highest BCUT2D eigenvalue weighted by Crippen LogP contribution is 2.65. The van der Waals surface area contributed by atoms with E-state index in [1.807, 2.05) is 6.08 Å². The first kappa shape index (κ1) is 14.2. The fourth-order valence-electron chi connectivity index (χ4n) is 5.69. The summed E-state index contributed by atoms with van der Waals surface area (Å²) in [7, 11) is 2.17. The number of piperidine rings is 1. The van der Waals surface area contributed by atoms with Crippen LogP contribution in [0.5, 0.6) is 0 Å². The molecule has 3 aliphatic carbocycles. The zero-order valence-electron chi connectivity index (χ0n) is 13.3. The molecule has 2 bridgehead atoms. The van der Waals surface area contributed by atoms with E-state index < -0.39 is 11.7 Å². The van der Waals surface area contributed by atoms with Crippen molar-refractivity contribution in [3.63, 3.8) is 0 Å². The summed E-state index contributed by atoms with van der Waals surface area (Å²) in [5.74, 6) is 0.818. The molecule has 5 rings (SSSR count). The summed E-state index contributed by atoms with van der Waals surface area (Å²) >= 11 is 0. The number of hydrogen-bond acceptors (Lipinski definition) is 5. The lowest BCUT2D eigenvalue weighted by Crippen LogP contribution is -2.62. The summed E-state index contributed by atoms with van der Waals surface area (Å²) in [4.78, 5) is 2.41. The highest BCUT2D eigenvalue weighted by Gasteiger charge is 2.67. The molecule has 2 heterocycles. The van der Waals surface area contributed by atoms with Crippen LogP contribution in [0.3, 0.4) is 0 Å². The van der Waals surface area contributed by atoms with Crippen molar-refractivity contribution in [3.8, 4) is 0 Å². The Morgan fingerprint density at radius 3 is 3.00 bits per heavy atom. The Morgan fingerprint density at radius 1 is 1.39 bits per heavy atom. The Balaban J connectivity index is 1.76. The molecule has 1 saturated heterocycles. The van der Waals surface area contributed by atoms with Crippen LogP contribution in [0.15, 0.2) is 35.1 Å². The number of nitrogens with zero attached hydrogens (tertiary/aromatic N) is 1. The largest absolute Gasteiger partial charge is 0.487 e. The van der Waals surface area contributed by atoms with Crippen molar-refractivity contribution < 1.29 is 20.1 Å². The standard InChI is InChI=1S/C18H23NO4/c1-19-7-6-18-11-2-3-13(21)15(18)23-16-14(18)10(8-12(11)19)4-5-17(16,22)9-20/h2-4,11-13,15,20-22H,5-9H2,1H3/t11-,12+,13-,15-,17?,18-/m0/s1. The predicted molar refractivity (Wildman–Crippen MR) is 83.4 cm³/mol. The average Bonchev–Trinajstić information content (AvgIpc) is 2.91. The van der Waals surface area contributed by atoms with Crippen molar-refractivity contribution in [2.45, 2.75) is 43.1 Å². The van der Waals surface area contributed by atoms with Crippen molar-refractivity contribution in [2.75, 3.05) is 20.2 Å². The smallest absolute Gasteiger partial charge is 0.148 e. The summed E-state index contributed by atoms with van der Waals surface area (Å²) in [5, 5.41) is 31.2. The van der Waals surface area contributed by atoms with Gasteiger partial charge < -0.3 is 25.0 Å². The van der Waals surface area contributed by atoms with Gasteiger partial charge in [0.2, 0.25) is 0 Å². The van der Waals surface area contributed by atoms with E-state index in [2.05, 4.69) is 24.1 Å². The van der Waals surface area contributed by atoms with Gasteiger partial charge in [-0.2, -0.15) is 0 Å². The summed E-state index contributed by atoms with van der Waals surface area (Å²) < 4.78 is 6.19. The molecular weight excluding hydrogens is 294 g/mol. The summed E-state index contributed by atoms with van der Waals surface area (Å²) in [6, 6.07) is 0.410. The molecule has 1 saturated carbocycles. The van der Waals surface area contributed by atoms with Crippen LogP contribution in [0.1, 0.15) is 19.3 Å². The van der Waals surface area contributed by atoms with Gasteiger partial charge in [-0.15, -0.1) is 0 Å². The first-order valence-electron chi connectivity index (χ1n) is 8.52. The van der Waals surface area contributed by atoms with Crippen LogP contribution >= 0.6 is 0 Å².